The fourth-order valence-electron chi connectivity index (χ4n) is 2.70. The van der Waals surface area contributed by atoms with Crippen LogP contribution < -0.4 is 5.32 Å². The third-order valence-electron chi connectivity index (χ3n) is 3.88. The van der Waals surface area contributed by atoms with Gasteiger partial charge in [0.1, 0.15) is 6.54 Å². The number of aryl methyl sites for hydroxylation is 1. The zero-order valence-electron chi connectivity index (χ0n) is 13.9. The third kappa shape index (κ3) is 3.29. The minimum absolute atomic E-state index is 0.0640. The van der Waals surface area contributed by atoms with Crippen LogP contribution in [-0.4, -0.2) is 25.7 Å². The molecule has 2 aromatic carbocycles. The van der Waals surface area contributed by atoms with Gasteiger partial charge in [0.25, 0.3) is 0 Å². The molecular formula is C18H15N5OS2. The number of anilines is 1. The molecule has 0 aliphatic heterocycles. The molecule has 1 amide bonds. The van der Waals surface area contributed by atoms with E-state index in [4.69, 9.17) is 12.2 Å². The van der Waals surface area contributed by atoms with Crippen molar-refractivity contribution in [2.45, 2.75) is 13.5 Å². The molecule has 0 saturated carbocycles. The van der Waals surface area contributed by atoms with E-state index in [0.29, 0.717) is 15.7 Å². The van der Waals surface area contributed by atoms with E-state index in [9.17, 15) is 4.79 Å². The van der Waals surface area contributed by atoms with Crippen LogP contribution in [0.5, 0.6) is 0 Å². The second-order valence-corrected chi connectivity index (χ2v) is 7.26. The molecule has 0 aliphatic carbocycles. The summed E-state index contributed by atoms with van der Waals surface area (Å²) in [5.41, 5.74) is 2.89. The number of para-hydroxylation sites is 1. The summed E-state index contributed by atoms with van der Waals surface area (Å²) in [5.74, 6) is 0.439. The van der Waals surface area contributed by atoms with Crippen LogP contribution in [0.3, 0.4) is 0 Å². The van der Waals surface area contributed by atoms with Gasteiger partial charge < -0.3 is 5.32 Å². The topological polar surface area (TPSA) is 75.6 Å². The Bertz CT molecular complexity index is 1120. The minimum atomic E-state index is -0.199. The lowest BCUT2D eigenvalue weighted by molar-refractivity contribution is -0.116. The number of rotatable bonds is 4. The van der Waals surface area contributed by atoms with Gasteiger partial charge >= 0.3 is 0 Å². The average Bonchev–Trinajstić information content (AvgIpc) is 3.18. The molecule has 0 saturated heterocycles. The Morgan fingerprint density at radius 2 is 2.12 bits per heavy atom. The van der Waals surface area contributed by atoms with Crippen molar-refractivity contribution in [2.75, 3.05) is 5.32 Å². The third-order valence-corrected chi connectivity index (χ3v) is 5.14. The molecule has 4 aromatic rings. The van der Waals surface area contributed by atoms with Gasteiger partial charge in [-0.25, -0.2) is 4.98 Å². The van der Waals surface area contributed by atoms with Crippen molar-refractivity contribution >= 4 is 44.8 Å². The number of carbonyl (C=O) groups excluding carboxylic acids is 1. The number of thiazole rings is 1. The number of nitrogens with zero attached hydrogens (tertiary/aromatic N) is 3. The Balaban J connectivity index is 1.58. The van der Waals surface area contributed by atoms with Gasteiger partial charge in [-0.3, -0.25) is 14.5 Å². The first-order valence-corrected chi connectivity index (χ1v) is 9.20. The molecular weight excluding hydrogens is 366 g/mol. The van der Waals surface area contributed by atoms with Crippen molar-refractivity contribution in [3.05, 3.63) is 58.9 Å². The molecule has 0 unspecified atom stereocenters. The van der Waals surface area contributed by atoms with Gasteiger partial charge in [0.15, 0.2) is 15.7 Å². The molecule has 2 aromatic heterocycles. The van der Waals surface area contributed by atoms with E-state index in [1.165, 1.54) is 11.3 Å². The second kappa shape index (κ2) is 6.81. The number of aromatic nitrogens is 4. The van der Waals surface area contributed by atoms with Gasteiger partial charge in [-0.05, 0) is 37.3 Å². The Labute approximate surface area is 158 Å². The molecule has 6 nitrogen and oxygen atoms in total. The predicted octanol–water partition coefficient (Wildman–Crippen LogP) is 4.16. The molecule has 8 heteroatoms. The number of carbonyl (C=O) groups is 1. The number of H-pyrrole nitrogens is 1. The highest BCUT2D eigenvalue weighted by Gasteiger charge is 2.14. The quantitative estimate of drug-likeness (QED) is 0.520. The van der Waals surface area contributed by atoms with Gasteiger partial charge in [0, 0.05) is 5.56 Å². The van der Waals surface area contributed by atoms with Gasteiger partial charge in [-0.1, -0.05) is 47.2 Å². The lowest BCUT2D eigenvalue weighted by Crippen LogP contribution is -2.19. The van der Waals surface area contributed by atoms with Crippen molar-refractivity contribution in [1.82, 2.24) is 19.7 Å². The van der Waals surface area contributed by atoms with Crippen LogP contribution in [0.1, 0.15) is 5.56 Å². The van der Waals surface area contributed by atoms with Gasteiger partial charge in [-0.15, -0.1) is 0 Å². The molecule has 0 atom stereocenters. The molecule has 2 N–H and O–H groups in total. The number of fused-ring (bicyclic) bond motifs is 1. The molecule has 0 radical (unpaired) electrons. The van der Waals surface area contributed by atoms with E-state index in [1.54, 1.807) is 4.57 Å². The highest BCUT2D eigenvalue weighted by atomic mass is 32.1. The fourth-order valence-corrected chi connectivity index (χ4v) is 3.78. The van der Waals surface area contributed by atoms with Crippen LogP contribution >= 0.6 is 23.6 Å². The van der Waals surface area contributed by atoms with E-state index >= 15 is 0 Å². The maximum absolute atomic E-state index is 12.5. The highest BCUT2D eigenvalue weighted by Crippen LogP contribution is 2.25. The zero-order valence-corrected chi connectivity index (χ0v) is 15.5. The lowest BCUT2D eigenvalue weighted by atomic mass is 10.1. The van der Waals surface area contributed by atoms with Crippen LogP contribution in [0, 0.1) is 11.7 Å². The van der Waals surface area contributed by atoms with E-state index in [0.717, 1.165) is 21.3 Å². The molecule has 0 bridgehead atoms. The SMILES string of the molecule is Cc1cccc(-c2n[nH]c(=S)n2CC(=O)Nc2nc3ccccc3s2)c1. The van der Waals surface area contributed by atoms with Crippen LogP contribution in [-0.2, 0) is 11.3 Å². The van der Waals surface area contributed by atoms with Gasteiger partial charge in [-0.2, -0.15) is 5.10 Å². The second-order valence-electron chi connectivity index (χ2n) is 5.84. The average molecular weight is 381 g/mol. The number of hydrogen-bond acceptors (Lipinski definition) is 5. The monoisotopic (exact) mass is 381 g/mol. The Kier molecular flexibility index (Phi) is 4.36. The summed E-state index contributed by atoms with van der Waals surface area (Å²) in [6.07, 6.45) is 0. The molecule has 0 aliphatic rings. The normalized spacial score (nSPS) is 11.0. The van der Waals surface area contributed by atoms with Crippen LogP contribution in [0.15, 0.2) is 48.5 Å². The molecule has 0 spiro atoms. The Hall–Kier alpha value is -2.84. The Morgan fingerprint density at radius 3 is 2.92 bits per heavy atom. The van der Waals surface area contributed by atoms with Crippen molar-refractivity contribution < 1.29 is 4.79 Å². The maximum Gasteiger partial charge on any atom is 0.246 e. The molecule has 26 heavy (non-hydrogen) atoms. The number of nitrogens with one attached hydrogen (secondary N) is 2. The fraction of sp³-hybridized carbons (Fsp3) is 0.111. The first kappa shape index (κ1) is 16.6. The zero-order chi connectivity index (χ0) is 18.1. The maximum atomic E-state index is 12.5. The highest BCUT2D eigenvalue weighted by molar-refractivity contribution is 7.71. The van der Waals surface area contributed by atoms with Gasteiger partial charge in [0.05, 0.1) is 10.2 Å². The van der Waals surface area contributed by atoms with E-state index in [-0.39, 0.29) is 12.5 Å². The summed E-state index contributed by atoms with van der Waals surface area (Å²) in [6, 6.07) is 15.7. The lowest BCUT2D eigenvalue weighted by Gasteiger charge is -2.07. The first-order chi connectivity index (χ1) is 12.6. The first-order valence-electron chi connectivity index (χ1n) is 7.98. The summed E-state index contributed by atoms with van der Waals surface area (Å²) in [4.78, 5) is 16.9. The largest absolute Gasteiger partial charge is 0.300 e. The summed E-state index contributed by atoms with van der Waals surface area (Å²) in [6.45, 7) is 2.07. The van der Waals surface area contributed by atoms with Crippen LogP contribution in [0.2, 0.25) is 0 Å². The van der Waals surface area contributed by atoms with Crippen molar-refractivity contribution in [3.63, 3.8) is 0 Å². The molecule has 0 fully saturated rings. The molecule has 2 heterocycles. The number of amides is 1. The van der Waals surface area contributed by atoms with Crippen molar-refractivity contribution in [3.8, 4) is 11.4 Å². The summed E-state index contributed by atoms with van der Waals surface area (Å²) in [5, 5.41) is 10.5. The van der Waals surface area contributed by atoms with E-state index in [2.05, 4.69) is 20.5 Å². The van der Waals surface area contributed by atoms with Crippen LogP contribution in [0.4, 0.5) is 5.13 Å². The number of hydrogen-bond donors (Lipinski definition) is 2. The van der Waals surface area contributed by atoms with Crippen LogP contribution in [0.25, 0.3) is 21.6 Å². The summed E-state index contributed by atoms with van der Waals surface area (Å²) < 4.78 is 3.12. The standard InChI is InChI=1S/C18H15N5OS2/c1-11-5-4-6-12(9-11)16-21-22-18(25)23(16)10-15(24)20-17-19-13-7-2-3-8-14(13)26-17/h2-9H,10H2,1H3,(H,22,25)(H,19,20,24). The Morgan fingerprint density at radius 1 is 1.27 bits per heavy atom. The predicted molar refractivity (Wildman–Crippen MR) is 106 cm³/mol. The number of benzene rings is 2. The minimum Gasteiger partial charge on any atom is -0.300 e. The van der Waals surface area contributed by atoms with E-state index < -0.39 is 0 Å². The molecule has 130 valence electrons. The van der Waals surface area contributed by atoms with Gasteiger partial charge in [0.2, 0.25) is 5.91 Å². The number of aromatic amines is 1. The summed E-state index contributed by atoms with van der Waals surface area (Å²) in [7, 11) is 0. The van der Waals surface area contributed by atoms with Crippen molar-refractivity contribution in [1.29, 1.82) is 0 Å². The van der Waals surface area contributed by atoms with E-state index in [1.807, 2.05) is 55.5 Å². The smallest absolute Gasteiger partial charge is 0.246 e. The summed E-state index contributed by atoms with van der Waals surface area (Å²) >= 11 is 6.74. The molecule has 4 rings (SSSR count). The van der Waals surface area contributed by atoms with Crippen molar-refractivity contribution in [2.24, 2.45) is 0 Å².